The number of rotatable bonds is 6. The monoisotopic (exact) mass is 411 g/mol. The summed E-state index contributed by atoms with van der Waals surface area (Å²) in [7, 11) is 1.33. The second-order valence-electron chi connectivity index (χ2n) is 5.20. The molecule has 0 aliphatic rings. The van der Waals surface area contributed by atoms with E-state index in [-0.39, 0.29) is 11.7 Å². The standard InChI is InChI=1S/C17H18BrNO4S/c1-10-4-5-15(14(18)6-10)19-16(20)9-24-8-12-7-13(11(2)23-12)17(21)22-3/h4-7H,8-9H2,1-3H3,(H,19,20). The fourth-order valence-corrected chi connectivity index (χ4v) is 3.38. The number of amides is 1. The number of hydrogen-bond acceptors (Lipinski definition) is 5. The predicted octanol–water partition coefficient (Wildman–Crippen LogP) is 4.32. The van der Waals surface area contributed by atoms with Gasteiger partial charge in [0.1, 0.15) is 17.1 Å². The van der Waals surface area contributed by atoms with E-state index in [0.29, 0.717) is 22.8 Å². The first kappa shape index (κ1) is 18.6. The Morgan fingerprint density at radius 1 is 1.29 bits per heavy atom. The summed E-state index contributed by atoms with van der Waals surface area (Å²) in [5, 5.41) is 2.86. The molecule has 1 aromatic carbocycles. The maximum absolute atomic E-state index is 12.0. The summed E-state index contributed by atoms with van der Waals surface area (Å²) < 4.78 is 11.0. The summed E-state index contributed by atoms with van der Waals surface area (Å²) in [4.78, 5) is 23.5. The number of carbonyl (C=O) groups excluding carboxylic acids is 2. The lowest BCUT2D eigenvalue weighted by molar-refractivity contribution is -0.113. The van der Waals surface area contributed by atoms with Gasteiger partial charge < -0.3 is 14.5 Å². The zero-order valence-corrected chi connectivity index (χ0v) is 16.0. The number of ether oxygens (including phenoxy) is 1. The molecule has 0 unspecified atom stereocenters. The van der Waals surface area contributed by atoms with Crippen LogP contribution in [0.1, 0.15) is 27.4 Å². The SMILES string of the molecule is COC(=O)c1cc(CSCC(=O)Nc2ccc(C)cc2Br)oc1C. The van der Waals surface area contributed by atoms with Crippen molar-refractivity contribution in [3.05, 3.63) is 51.4 Å². The second-order valence-corrected chi connectivity index (χ2v) is 7.04. The highest BCUT2D eigenvalue weighted by molar-refractivity contribution is 9.10. The molecular weight excluding hydrogens is 394 g/mol. The van der Waals surface area contributed by atoms with Gasteiger partial charge in [-0.15, -0.1) is 11.8 Å². The van der Waals surface area contributed by atoms with Crippen LogP contribution in [0.2, 0.25) is 0 Å². The number of methoxy groups -OCH3 is 1. The minimum absolute atomic E-state index is 0.0963. The summed E-state index contributed by atoms with van der Waals surface area (Å²) in [5.41, 5.74) is 2.28. The Kier molecular flexibility index (Phi) is 6.51. The summed E-state index contributed by atoms with van der Waals surface area (Å²) in [5.74, 6) is 1.43. The van der Waals surface area contributed by atoms with Gasteiger partial charge in [-0.3, -0.25) is 4.79 Å². The molecule has 0 fully saturated rings. The van der Waals surface area contributed by atoms with Crippen LogP contribution in [-0.4, -0.2) is 24.7 Å². The molecule has 7 heteroatoms. The maximum Gasteiger partial charge on any atom is 0.341 e. The molecule has 0 aliphatic carbocycles. The lowest BCUT2D eigenvalue weighted by Gasteiger charge is -2.07. The first-order valence-corrected chi connectivity index (χ1v) is 9.17. The molecule has 2 rings (SSSR count). The molecule has 0 bridgehead atoms. The fraction of sp³-hybridized carbons (Fsp3) is 0.294. The Morgan fingerprint density at radius 2 is 2.04 bits per heavy atom. The topological polar surface area (TPSA) is 68.5 Å². The normalized spacial score (nSPS) is 10.5. The Hall–Kier alpha value is -1.73. The molecule has 0 saturated carbocycles. The van der Waals surface area contributed by atoms with Crippen LogP contribution < -0.4 is 5.32 Å². The number of furan rings is 1. The molecule has 0 spiro atoms. The number of esters is 1. The van der Waals surface area contributed by atoms with Crippen molar-refractivity contribution in [3.63, 3.8) is 0 Å². The zero-order chi connectivity index (χ0) is 17.7. The quantitative estimate of drug-likeness (QED) is 0.716. The van der Waals surface area contributed by atoms with Gasteiger partial charge in [-0.25, -0.2) is 4.79 Å². The van der Waals surface area contributed by atoms with Gasteiger partial charge in [0.25, 0.3) is 0 Å². The van der Waals surface area contributed by atoms with Gasteiger partial charge in [-0.2, -0.15) is 0 Å². The van der Waals surface area contributed by atoms with Crippen LogP contribution in [0.25, 0.3) is 0 Å². The van der Waals surface area contributed by atoms with Crippen molar-refractivity contribution >= 4 is 45.3 Å². The zero-order valence-electron chi connectivity index (χ0n) is 13.6. The van der Waals surface area contributed by atoms with E-state index in [4.69, 9.17) is 4.42 Å². The van der Waals surface area contributed by atoms with E-state index in [9.17, 15) is 9.59 Å². The van der Waals surface area contributed by atoms with Crippen LogP contribution in [0.15, 0.2) is 33.2 Å². The summed E-state index contributed by atoms with van der Waals surface area (Å²) in [6, 6.07) is 7.40. The van der Waals surface area contributed by atoms with Gasteiger partial charge in [0.05, 0.1) is 24.3 Å². The van der Waals surface area contributed by atoms with Crippen LogP contribution in [0.4, 0.5) is 5.69 Å². The Morgan fingerprint density at radius 3 is 2.71 bits per heavy atom. The summed E-state index contributed by atoms with van der Waals surface area (Å²) in [6.45, 7) is 3.70. The number of benzene rings is 1. The average Bonchev–Trinajstić information content (AvgIpc) is 2.90. The van der Waals surface area contributed by atoms with E-state index in [0.717, 1.165) is 15.7 Å². The van der Waals surface area contributed by atoms with Crippen LogP contribution in [0.5, 0.6) is 0 Å². The Bertz CT molecular complexity index is 757. The molecular formula is C17H18BrNO4S. The maximum atomic E-state index is 12.0. The van der Waals surface area contributed by atoms with E-state index >= 15 is 0 Å². The minimum atomic E-state index is -0.422. The van der Waals surface area contributed by atoms with Crippen molar-refractivity contribution in [2.45, 2.75) is 19.6 Å². The summed E-state index contributed by atoms with van der Waals surface area (Å²) in [6.07, 6.45) is 0. The molecule has 0 atom stereocenters. The first-order chi connectivity index (χ1) is 11.4. The number of halogens is 1. The Labute approximate surface area is 153 Å². The fourth-order valence-electron chi connectivity index (χ4n) is 2.08. The highest BCUT2D eigenvalue weighted by atomic mass is 79.9. The molecule has 128 valence electrons. The Balaban J connectivity index is 1.85. The number of nitrogens with one attached hydrogen (secondary N) is 1. The van der Waals surface area contributed by atoms with E-state index in [1.54, 1.807) is 13.0 Å². The lowest BCUT2D eigenvalue weighted by Crippen LogP contribution is -2.14. The van der Waals surface area contributed by atoms with E-state index in [1.807, 2.05) is 25.1 Å². The van der Waals surface area contributed by atoms with Crippen molar-refractivity contribution in [3.8, 4) is 0 Å². The molecule has 2 aromatic rings. The van der Waals surface area contributed by atoms with Gasteiger partial charge in [0.15, 0.2) is 0 Å². The molecule has 1 N–H and O–H groups in total. The number of carbonyl (C=O) groups is 2. The van der Waals surface area contributed by atoms with Gasteiger partial charge in [-0.1, -0.05) is 6.07 Å². The third-order valence-corrected chi connectivity index (χ3v) is 4.86. The van der Waals surface area contributed by atoms with Crippen LogP contribution in [0, 0.1) is 13.8 Å². The molecule has 0 aliphatic heterocycles. The third kappa shape index (κ3) is 4.88. The molecule has 5 nitrogen and oxygen atoms in total. The first-order valence-electron chi connectivity index (χ1n) is 7.22. The van der Waals surface area contributed by atoms with Crippen LogP contribution in [-0.2, 0) is 15.3 Å². The van der Waals surface area contributed by atoms with E-state index < -0.39 is 5.97 Å². The minimum Gasteiger partial charge on any atom is -0.465 e. The highest BCUT2D eigenvalue weighted by Crippen LogP contribution is 2.24. The van der Waals surface area contributed by atoms with Gasteiger partial charge in [0, 0.05) is 4.47 Å². The smallest absolute Gasteiger partial charge is 0.341 e. The van der Waals surface area contributed by atoms with Gasteiger partial charge >= 0.3 is 5.97 Å². The number of thioether (sulfide) groups is 1. The van der Waals surface area contributed by atoms with Crippen molar-refractivity contribution in [2.24, 2.45) is 0 Å². The van der Waals surface area contributed by atoms with Crippen LogP contribution >= 0.6 is 27.7 Å². The summed E-state index contributed by atoms with van der Waals surface area (Å²) >= 11 is 4.84. The van der Waals surface area contributed by atoms with Crippen molar-refractivity contribution in [1.29, 1.82) is 0 Å². The molecule has 0 saturated heterocycles. The second kappa shape index (κ2) is 8.39. The van der Waals surface area contributed by atoms with Crippen molar-refractivity contribution in [1.82, 2.24) is 0 Å². The van der Waals surface area contributed by atoms with Gasteiger partial charge in [-0.05, 0) is 53.5 Å². The molecule has 1 heterocycles. The molecule has 1 aromatic heterocycles. The molecule has 0 radical (unpaired) electrons. The number of anilines is 1. The highest BCUT2D eigenvalue weighted by Gasteiger charge is 2.15. The number of aryl methyl sites for hydroxylation is 2. The molecule has 1 amide bonds. The van der Waals surface area contributed by atoms with Gasteiger partial charge in [0.2, 0.25) is 5.91 Å². The lowest BCUT2D eigenvalue weighted by atomic mass is 10.2. The van der Waals surface area contributed by atoms with E-state index in [1.165, 1.54) is 18.9 Å². The van der Waals surface area contributed by atoms with Crippen LogP contribution in [0.3, 0.4) is 0 Å². The molecule has 24 heavy (non-hydrogen) atoms. The van der Waals surface area contributed by atoms with Crippen molar-refractivity contribution < 1.29 is 18.7 Å². The largest absolute Gasteiger partial charge is 0.465 e. The average molecular weight is 412 g/mol. The predicted molar refractivity (Wildman–Crippen MR) is 98.5 cm³/mol. The number of hydrogen-bond donors (Lipinski definition) is 1. The third-order valence-electron chi connectivity index (χ3n) is 3.25. The van der Waals surface area contributed by atoms with E-state index in [2.05, 4.69) is 26.0 Å². The van der Waals surface area contributed by atoms with Crippen molar-refractivity contribution in [2.75, 3.05) is 18.2 Å².